The van der Waals surface area contributed by atoms with E-state index >= 15 is 0 Å². The fourth-order valence-corrected chi connectivity index (χ4v) is 0.649. The molecule has 0 bridgehead atoms. The molecular weight excluding hydrogens is 140 g/mol. The average molecular weight is 152 g/mol. The van der Waals surface area contributed by atoms with Crippen molar-refractivity contribution < 1.29 is 9.90 Å². The van der Waals surface area contributed by atoms with Gasteiger partial charge in [0.05, 0.1) is 0 Å². The van der Waals surface area contributed by atoms with E-state index in [4.69, 9.17) is 5.11 Å². The Morgan fingerprint density at radius 3 is 2.36 bits per heavy atom. The van der Waals surface area contributed by atoms with Gasteiger partial charge in [-0.1, -0.05) is 24.8 Å². The van der Waals surface area contributed by atoms with E-state index in [0.717, 1.165) is 0 Å². The molecule has 0 atom stereocenters. The normalized spacial score (nSPS) is 12.9. The zero-order valence-electron chi connectivity index (χ0n) is 6.79. The standard InChI is InChI=1S/C9H12O2/c1-4-6-8(5-2)7(3)9(10)11/h4-6H,2H2,1,3H3,(H,10,11)/b6-4+,8-7-. The first-order chi connectivity index (χ1) is 5.13. The van der Waals surface area contributed by atoms with Crippen molar-refractivity contribution in [3.05, 3.63) is 36.0 Å². The van der Waals surface area contributed by atoms with Crippen molar-refractivity contribution in [2.45, 2.75) is 13.8 Å². The zero-order valence-corrected chi connectivity index (χ0v) is 6.79. The fourth-order valence-electron chi connectivity index (χ4n) is 0.649. The van der Waals surface area contributed by atoms with Gasteiger partial charge in [0.1, 0.15) is 0 Å². The maximum atomic E-state index is 10.4. The number of carboxylic acid groups (broad SMARTS) is 1. The van der Waals surface area contributed by atoms with Crippen molar-refractivity contribution in [2.75, 3.05) is 0 Å². The van der Waals surface area contributed by atoms with Gasteiger partial charge in [-0.2, -0.15) is 0 Å². The highest BCUT2D eigenvalue weighted by Gasteiger charge is 2.02. The van der Waals surface area contributed by atoms with Gasteiger partial charge < -0.3 is 5.11 Å². The molecule has 0 heterocycles. The topological polar surface area (TPSA) is 37.3 Å². The van der Waals surface area contributed by atoms with E-state index in [1.54, 1.807) is 19.1 Å². The molecule has 0 amide bonds. The van der Waals surface area contributed by atoms with Crippen LogP contribution >= 0.6 is 0 Å². The maximum Gasteiger partial charge on any atom is 0.331 e. The third-order valence-electron chi connectivity index (χ3n) is 1.32. The minimum atomic E-state index is -0.905. The van der Waals surface area contributed by atoms with Gasteiger partial charge in [-0.25, -0.2) is 4.79 Å². The van der Waals surface area contributed by atoms with Gasteiger partial charge in [0, 0.05) is 5.57 Å². The van der Waals surface area contributed by atoms with E-state index in [1.165, 1.54) is 6.08 Å². The highest BCUT2D eigenvalue weighted by molar-refractivity contribution is 5.88. The minimum Gasteiger partial charge on any atom is -0.478 e. The SMILES string of the molecule is C=CC(/C=C/C)=C(\C)C(=O)O. The largest absolute Gasteiger partial charge is 0.478 e. The molecule has 0 fully saturated rings. The number of allylic oxidation sites excluding steroid dienone is 4. The second-order valence-electron chi connectivity index (χ2n) is 2.09. The Morgan fingerprint density at radius 1 is 1.55 bits per heavy atom. The molecule has 0 aromatic rings. The van der Waals surface area contributed by atoms with Crippen molar-refractivity contribution in [1.29, 1.82) is 0 Å². The molecule has 60 valence electrons. The van der Waals surface area contributed by atoms with E-state index in [1.807, 2.05) is 6.92 Å². The number of carbonyl (C=O) groups is 1. The summed E-state index contributed by atoms with van der Waals surface area (Å²) in [6, 6.07) is 0. The van der Waals surface area contributed by atoms with E-state index in [-0.39, 0.29) is 0 Å². The summed E-state index contributed by atoms with van der Waals surface area (Å²) in [7, 11) is 0. The summed E-state index contributed by atoms with van der Waals surface area (Å²) in [4.78, 5) is 10.4. The molecule has 0 aliphatic rings. The van der Waals surface area contributed by atoms with Gasteiger partial charge >= 0.3 is 5.97 Å². The van der Waals surface area contributed by atoms with Crippen LogP contribution in [-0.2, 0) is 4.79 Å². The first kappa shape index (κ1) is 9.69. The molecule has 0 aliphatic carbocycles. The molecule has 0 aliphatic heterocycles. The minimum absolute atomic E-state index is 0.318. The summed E-state index contributed by atoms with van der Waals surface area (Å²) in [5.41, 5.74) is 0.970. The Balaban J connectivity index is 4.82. The van der Waals surface area contributed by atoms with Gasteiger partial charge in [0.15, 0.2) is 0 Å². The van der Waals surface area contributed by atoms with Gasteiger partial charge in [0.25, 0.3) is 0 Å². The van der Waals surface area contributed by atoms with Crippen molar-refractivity contribution in [3.63, 3.8) is 0 Å². The molecule has 0 unspecified atom stereocenters. The summed E-state index contributed by atoms with van der Waals surface area (Å²) in [5, 5.41) is 8.57. The highest BCUT2D eigenvalue weighted by Crippen LogP contribution is 2.06. The van der Waals surface area contributed by atoms with Crippen LogP contribution in [0.2, 0.25) is 0 Å². The monoisotopic (exact) mass is 152 g/mol. The van der Waals surface area contributed by atoms with Crippen LogP contribution in [0.3, 0.4) is 0 Å². The van der Waals surface area contributed by atoms with Crippen LogP contribution in [0.5, 0.6) is 0 Å². The Morgan fingerprint density at radius 2 is 2.09 bits per heavy atom. The van der Waals surface area contributed by atoms with Crippen LogP contribution in [0.15, 0.2) is 36.0 Å². The molecule has 0 saturated carbocycles. The van der Waals surface area contributed by atoms with Crippen molar-refractivity contribution >= 4 is 5.97 Å². The fraction of sp³-hybridized carbons (Fsp3) is 0.222. The van der Waals surface area contributed by atoms with Crippen molar-refractivity contribution in [1.82, 2.24) is 0 Å². The van der Waals surface area contributed by atoms with Gasteiger partial charge in [-0.05, 0) is 19.4 Å². The quantitative estimate of drug-likeness (QED) is 0.497. The predicted octanol–water partition coefficient (Wildman–Crippen LogP) is 2.15. The molecule has 0 aromatic heterocycles. The van der Waals surface area contributed by atoms with Crippen molar-refractivity contribution in [3.8, 4) is 0 Å². The second kappa shape index (κ2) is 4.50. The van der Waals surface area contributed by atoms with Crippen molar-refractivity contribution in [2.24, 2.45) is 0 Å². The van der Waals surface area contributed by atoms with Crippen LogP contribution in [0.4, 0.5) is 0 Å². The van der Waals surface area contributed by atoms with Crippen LogP contribution < -0.4 is 0 Å². The Hall–Kier alpha value is -1.31. The van der Waals surface area contributed by atoms with E-state index < -0.39 is 5.97 Å². The van der Waals surface area contributed by atoms with E-state index in [9.17, 15) is 4.79 Å². The number of rotatable bonds is 3. The lowest BCUT2D eigenvalue weighted by molar-refractivity contribution is -0.132. The summed E-state index contributed by atoms with van der Waals surface area (Å²) in [6.45, 7) is 6.90. The van der Waals surface area contributed by atoms with E-state index in [0.29, 0.717) is 11.1 Å². The molecule has 11 heavy (non-hydrogen) atoms. The Labute approximate surface area is 66.5 Å². The molecule has 0 rings (SSSR count). The summed E-state index contributed by atoms with van der Waals surface area (Å²) in [6.07, 6.45) is 5.03. The van der Waals surface area contributed by atoms with Gasteiger partial charge in [-0.3, -0.25) is 0 Å². The van der Waals surface area contributed by atoms with Crippen LogP contribution in [0.25, 0.3) is 0 Å². The number of aliphatic carboxylic acids is 1. The van der Waals surface area contributed by atoms with Crippen LogP contribution in [0, 0.1) is 0 Å². The molecule has 0 radical (unpaired) electrons. The molecule has 0 spiro atoms. The van der Waals surface area contributed by atoms with Crippen LogP contribution in [-0.4, -0.2) is 11.1 Å². The van der Waals surface area contributed by atoms with Crippen LogP contribution in [0.1, 0.15) is 13.8 Å². The summed E-state index contributed by atoms with van der Waals surface area (Å²) in [5.74, 6) is -0.905. The number of carboxylic acids is 1. The molecule has 1 N–H and O–H groups in total. The predicted molar refractivity (Wildman–Crippen MR) is 45.3 cm³/mol. The summed E-state index contributed by atoms with van der Waals surface area (Å²) < 4.78 is 0. The Bertz CT molecular complexity index is 222. The average Bonchev–Trinajstić information content (AvgIpc) is 1.98. The summed E-state index contributed by atoms with van der Waals surface area (Å²) >= 11 is 0. The third kappa shape index (κ3) is 2.85. The number of hydrogen-bond donors (Lipinski definition) is 1. The lowest BCUT2D eigenvalue weighted by Gasteiger charge is -1.96. The molecular formula is C9H12O2. The molecule has 2 heteroatoms. The molecule has 0 saturated heterocycles. The lowest BCUT2D eigenvalue weighted by Crippen LogP contribution is -1.98. The maximum absolute atomic E-state index is 10.4. The van der Waals surface area contributed by atoms with Gasteiger partial charge in [-0.15, -0.1) is 0 Å². The Kier molecular flexibility index (Phi) is 3.96. The lowest BCUT2D eigenvalue weighted by atomic mass is 10.1. The van der Waals surface area contributed by atoms with E-state index in [2.05, 4.69) is 6.58 Å². The molecule has 0 aromatic carbocycles. The first-order valence-corrected chi connectivity index (χ1v) is 3.32. The molecule has 2 nitrogen and oxygen atoms in total. The number of hydrogen-bond acceptors (Lipinski definition) is 1. The first-order valence-electron chi connectivity index (χ1n) is 3.32. The van der Waals surface area contributed by atoms with Gasteiger partial charge in [0.2, 0.25) is 0 Å². The highest BCUT2D eigenvalue weighted by atomic mass is 16.4. The smallest absolute Gasteiger partial charge is 0.331 e. The zero-order chi connectivity index (χ0) is 8.85. The second-order valence-corrected chi connectivity index (χ2v) is 2.09. The third-order valence-corrected chi connectivity index (χ3v) is 1.32.